The molecule has 6 heteroatoms. The summed E-state index contributed by atoms with van der Waals surface area (Å²) in [5.41, 5.74) is -0.0948. The van der Waals surface area contributed by atoms with Gasteiger partial charge in [-0.2, -0.15) is 10.4 Å². The summed E-state index contributed by atoms with van der Waals surface area (Å²) >= 11 is 6.02. The number of carbonyl (C=O) groups is 1. The fourth-order valence-corrected chi connectivity index (χ4v) is 9.13. The zero-order chi connectivity index (χ0) is 22.8. The molecule has 5 rings (SSSR count). The molecule has 4 aliphatic rings. The number of ketones is 1. The molecule has 5 nitrogen and oxygen atoms in total. The van der Waals surface area contributed by atoms with Crippen LogP contribution in [-0.2, 0) is 11.3 Å². The second-order valence-corrected chi connectivity index (χ2v) is 12.4. The number of Topliss-reactive ketones (excluding diaryl/α,β-unsaturated/α-hetero) is 1. The van der Waals surface area contributed by atoms with Gasteiger partial charge in [-0.3, -0.25) is 9.48 Å². The van der Waals surface area contributed by atoms with Gasteiger partial charge in [0, 0.05) is 12.1 Å². The third kappa shape index (κ3) is 3.53. The Morgan fingerprint density at radius 1 is 1.25 bits per heavy atom. The van der Waals surface area contributed by atoms with Crippen LogP contribution >= 0.6 is 11.6 Å². The molecule has 0 aromatic carbocycles. The average molecular weight is 458 g/mol. The Bertz CT molecular complexity index is 949. The van der Waals surface area contributed by atoms with E-state index in [9.17, 15) is 9.90 Å². The standard InChI is InChI=1S/C26H36ClN3O2/c1-15-10-21(22(31)14-30-13-17(12-28)24(27)29-30)26(3)9-7-19-18-6-8-25(2,32)11-16(18)4-5-20(19)23(15)26/h13,15-16,18-21,23,32H,4-11,14H2,1-3H3/t15-,16-,18+,19-,20-,21-,23+,25-,26-/m1/s1. The average Bonchev–Trinajstić information content (AvgIpc) is 3.22. The lowest BCUT2D eigenvalue weighted by Crippen LogP contribution is -2.51. The van der Waals surface area contributed by atoms with Crippen LogP contribution in [0.1, 0.15) is 77.7 Å². The molecule has 0 bridgehead atoms. The number of aromatic nitrogens is 2. The summed E-state index contributed by atoms with van der Waals surface area (Å²) in [5, 5.41) is 24.1. The summed E-state index contributed by atoms with van der Waals surface area (Å²) in [7, 11) is 0. The molecule has 4 fully saturated rings. The minimum Gasteiger partial charge on any atom is -0.390 e. The lowest BCUT2D eigenvalue weighted by atomic mass is 9.48. The maximum Gasteiger partial charge on any atom is 0.168 e. The Morgan fingerprint density at radius 2 is 2.00 bits per heavy atom. The van der Waals surface area contributed by atoms with Crippen molar-refractivity contribution >= 4 is 17.4 Å². The summed E-state index contributed by atoms with van der Waals surface area (Å²) in [6, 6.07) is 2.03. The first-order chi connectivity index (χ1) is 15.1. The maximum atomic E-state index is 13.5. The first-order valence-electron chi connectivity index (χ1n) is 12.5. The highest BCUT2D eigenvalue weighted by Gasteiger charge is 2.61. The van der Waals surface area contributed by atoms with Crippen LogP contribution in [0.5, 0.6) is 0 Å². The van der Waals surface area contributed by atoms with E-state index in [1.165, 1.54) is 25.7 Å². The van der Waals surface area contributed by atoms with Crippen molar-refractivity contribution in [1.82, 2.24) is 9.78 Å². The number of hydrogen-bond donors (Lipinski definition) is 1. The molecule has 0 radical (unpaired) electrons. The van der Waals surface area contributed by atoms with Gasteiger partial charge in [-0.05, 0) is 99.2 Å². The van der Waals surface area contributed by atoms with Crippen molar-refractivity contribution in [3.05, 3.63) is 16.9 Å². The largest absolute Gasteiger partial charge is 0.390 e. The van der Waals surface area contributed by atoms with Crippen molar-refractivity contribution in [3.63, 3.8) is 0 Å². The summed E-state index contributed by atoms with van der Waals surface area (Å²) in [6.07, 6.45) is 10.5. The van der Waals surface area contributed by atoms with Crippen molar-refractivity contribution in [1.29, 1.82) is 5.26 Å². The van der Waals surface area contributed by atoms with Crippen LogP contribution < -0.4 is 0 Å². The van der Waals surface area contributed by atoms with Gasteiger partial charge in [0.2, 0.25) is 0 Å². The van der Waals surface area contributed by atoms with Gasteiger partial charge in [0.1, 0.15) is 11.6 Å². The Hall–Kier alpha value is -1.38. The number of hydrogen-bond acceptors (Lipinski definition) is 4. The number of nitriles is 1. The molecular formula is C26H36ClN3O2. The molecule has 1 N–H and O–H groups in total. The fourth-order valence-electron chi connectivity index (χ4n) is 8.95. The van der Waals surface area contributed by atoms with E-state index >= 15 is 0 Å². The second-order valence-electron chi connectivity index (χ2n) is 12.0. The lowest BCUT2D eigenvalue weighted by Gasteiger charge is -2.57. The van der Waals surface area contributed by atoms with E-state index in [1.54, 1.807) is 10.9 Å². The molecule has 4 aliphatic carbocycles. The Kier molecular flexibility index (Phi) is 5.49. The predicted molar refractivity (Wildman–Crippen MR) is 123 cm³/mol. The molecule has 0 saturated heterocycles. The zero-order valence-electron chi connectivity index (χ0n) is 19.6. The molecule has 174 valence electrons. The maximum absolute atomic E-state index is 13.5. The van der Waals surface area contributed by atoms with Crippen LogP contribution in [-0.4, -0.2) is 26.3 Å². The quantitative estimate of drug-likeness (QED) is 0.672. The number of carbonyl (C=O) groups excluding carboxylic acids is 1. The molecule has 1 aromatic rings. The molecule has 0 unspecified atom stereocenters. The highest BCUT2D eigenvalue weighted by molar-refractivity contribution is 6.30. The van der Waals surface area contributed by atoms with Crippen LogP contribution in [0.15, 0.2) is 6.20 Å². The normalized spacial score (nSPS) is 45.4. The minimum atomic E-state index is -0.476. The van der Waals surface area contributed by atoms with E-state index in [0.29, 0.717) is 23.3 Å². The highest BCUT2D eigenvalue weighted by Crippen LogP contribution is 2.66. The number of halogens is 1. The van der Waals surface area contributed by atoms with Crippen LogP contribution in [0.4, 0.5) is 0 Å². The molecule has 1 heterocycles. The summed E-state index contributed by atoms with van der Waals surface area (Å²) < 4.78 is 1.55. The third-order valence-electron chi connectivity index (χ3n) is 10.1. The van der Waals surface area contributed by atoms with E-state index in [4.69, 9.17) is 16.9 Å². The van der Waals surface area contributed by atoms with E-state index < -0.39 is 5.60 Å². The number of fused-ring (bicyclic) bond motifs is 5. The topological polar surface area (TPSA) is 78.9 Å². The molecule has 0 spiro atoms. The van der Waals surface area contributed by atoms with E-state index in [2.05, 4.69) is 18.9 Å². The Balaban J connectivity index is 1.34. The number of nitrogens with zero attached hydrogens (tertiary/aromatic N) is 3. The monoisotopic (exact) mass is 457 g/mol. The Morgan fingerprint density at radius 3 is 2.72 bits per heavy atom. The van der Waals surface area contributed by atoms with E-state index in [-0.39, 0.29) is 28.8 Å². The summed E-state index contributed by atoms with van der Waals surface area (Å²) in [4.78, 5) is 13.5. The van der Waals surface area contributed by atoms with Gasteiger partial charge in [-0.25, -0.2) is 0 Å². The number of aliphatic hydroxyl groups is 1. The SMILES string of the molecule is C[C@@H]1C[C@H](C(=O)Cn2cc(C#N)c(Cl)n2)[C@@]2(C)CC[C@H]3[C@@H](CC[C@@H]4C[C@](C)(O)CC[C@@H]43)[C@H]12. The smallest absolute Gasteiger partial charge is 0.168 e. The van der Waals surface area contributed by atoms with Gasteiger partial charge >= 0.3 is 0 Å². The molecular weight excluding hydrogens is 422 g/mol. The lowest BCUT2D eigenvalue weighted by molar-refractivity contribution is -0.133. The van der Waals surface area contributed by atoms with Crippen LogP contribution in [0, 0.1) is 58.2 Å². The van der Waals surface area contributed by atoms with Crippen molar-refractivity contribution in [2.45, 2.75) is 84.3 Å². The number of rotatable bonds is 3. The first-order valence-corrected chi connectivity index (χ1v) is 12.9. The predicted octanol–water partition coefficient (Wildman–Crippen LogP) is 5.24. The molecule has 4 saturated carbocycles. The van der Waals surface area contributed by atoms with Gasteiger partial charge in [0.15, 0.2) is 10.9 Å². The van der Waals surface area contributed by atoms with Crippen molar-refractivity contribution in [2.75, 3.05) is 0 Å². The van der Waals surface area contributed by atoms with E-state index in [0.717, 1.165) is 43.4 Å². The zero-order valence-corrected chi connectivity index (χ0v) is 20.3. The van der Waals surface area contributed by atoms with E-state index in [1.807, 2.05) is 13.0 Å². The van der Waals surface area contributed by atoms with Crippen molar-refractivity contribution in [2.24, 2.45) is 46.8 Å². The molecule has 32 heavy (non-hydrogen) atoms. The van der Waals surface area contributed by atoms with Crippen molar-refractivity contribution < 1.29 is 9.90 Å². The highest BCUT2D eigenvalue weighted by atomic mass is 35.5. The van der Waals surface area contributed by atoms with Crippen molar-refractivity contribution in [3.8, 4) is 6.07 Å². The van der Waals surface area contributed by atoms with Gasteiger partial charge in [0.25, 0.3) is 0 Å². The molecule has 0 amide bonds. The third-order valence-corrected chi connectivity index (χ3v) is 10.4. The summed E-state index contributed by atoms with van der Waals surface area (Å²) in [6.45, 7) is 6.98. The van der Waals surface area contributed by atoms with Gasteiger partial charge in [0.05, 0.1) is 12.1 Å². The van der Waals surface area contributed by atoms with Crippen LogP contribution in [0.25, 0.3) is 0 Å². The second kappa shape index (κ2) is 7.84. The minimum absolute atomic E-state index is 0.0552. The van der Waals surface area contributed by atoms with Gasteiger partial charge in [-0.15, -0.1) is 0 Å². The van der Waals surface area contributed by atoms with Crippen LogP contribution in [0.3, 0.4) is 0 Å². The summed E-state index contributed by atoms with van der Waals surface area (Å²) in [5.74, 6) is 4.38. The molecule has 9 atom stereocenters. The van der Waals surface area contributed by atoms with Gasteiger partial charge < -0.3 is 5.11 Å². The Labute approximate surface area is 196 Å². The first kappa shape index (κ1) is 22.4. The fraction of sp³-hybridized carbons (Fsp3) is 0.808. The molecule has 0 aliphatic heterocycles. The molecule has 1 aromatic heterocycles. The van der Waals surface area contributed by atoms with Crippen LogP contribution in [0.2, 0.25) is 5.15 Å². The van der Waals surface area contributed by atoms with Gasteiger partial charge in [-0.1, -0.05) is 25.4 Å².